The van der Waals surface area contributed by atoms with Gasteiger partial charge in [-0.1, -0.05) is 20.8 Å². The van der Waals surface area contributed by atoms with Gasteiger partial charge in [-0.05, 0) is 13.0 Å². The van der Waals surface area contributed by atoms with Crippen LogP contribution < -0.4 is 5.32 Å². The van der Waals surface area contributed by atoms with E-state index in [-0.39, 0.29) is 11.8 Å². The summed E-state index contributed by atoms with van der Waals surface area (Å²) in [5.74, 6) is -0.742. The molecule has 0 saturated carbocycles. The van der Waals surface area contributed by atoms with Crippen LogP contribution >= 0.6 is 0 Å². The van der Waals surface area contributed by atoms with Crippen LogP contribution in [0.25, 0.3) is 0 Å². The molecule has 0 aliphatic carbocycles. The van der Waals surface area contributed by atoms with Gasteiger partial charge in [-0.25, -0.2) is 0 Å². The molecule has 0 atom stereocenters. The zero-order valence-electron chi connectivity index (χ0n) is 11.7. The Morgan fingerprint density at radius 3 is 2.72 bits per heavy atom. The Labute approximate surface area is 108 Å². The van der Waals surface area contributed by atoms with Crippen molar-refractivity contribution in [2.45, 2.75) is 45.6 Å². The van der Waals surface area contributed by atoms with E-state index in [0.717, 1.165) is 12.2 Å². The van der Waals surface area contributed by atoms with Gasteiger partial charge in [0.25, 0.3) is 0 Å². The van der Waals surface area contributed by atoms with E-state index in [2.05, 4.69) is 31.2 Å². The number of aromatic nitrogens is 2. The third-order valence-electron chi connectivity index (χ3n) is 2.67. The third-order valence-corrected chi connectivity index (χ3v) is 2.67. The lowest BCUT2D eigenvalue weighted by molar-refractivity contribution is -0.137. The number of nitrogens with one attached hydrogen (secondary N) is 1. The molecule has 0 unspecified atom stereocenters. The first-order valence-electron chi connectivity index (χ1n) is 6.26. The Morgan fingerprint density at radius 2 is 2.17 bits per heavy atom. The zero-order valence-corrected chi connectivity index (χ0v) is 11.7. The van der Waals surface area contributed by atoms with E-state index in [1.165, 1.54) is 5.56 Å². The first kappa shape index (κ1) is 14.7. The van der Waals surface area contributed by atoms with Crippen molar-refractivity contribution >= 4 is 5.97 Å². The highest BCUT2D eigenvalue weighted by Gasteiger charge is 2.21. The second-order valence-electron chi connectivity index (χ2n) is 5.60. The minimum Gasteiger partial charge on any atom is -0.481 e. The Balaban J connectivity index is 2.49. The summed E-state index contributed by atoms with van der Waals surface area (Å²) in [5, 5.41) is 16.3. The van der Waals surface area contributed by atoms with E-state index in [4.69, 9.17) is 5.11 Å². The molecule has 0 fully saturated rings. The molecule has 0 radical (unpaired) electrons. The highest BCUT2D eigenvalue weighted by Crippen LogP contribution is 2.23. The Kier molecular flexibility index (Phi) is 4.90. The van der Waals surface area contributed by atoms with Crippen LogP contribution in [0.3, 0.4) is 0 Å². The van der Waals surface area contributed by atoms with Gasteiger partial charge in [-0.2, -0.15) is 5.10 Å². The van der Waals surface area contributed by atoms with Crippen molar-refractivity contribution in [3.63, 3.8) is 0 Å². The quantitative estimate of drug-likeness (QED) is 0.757. The lowest BCUT2D eigenvalue weighted by Crippen LogP contribution is -2.20. The van der Waals surface area contributed by atoms with Crippen molar-refractivity contribution in [1.82, 2.24) is 15.1 Å². The molecule has 2 N–H and O–H groups in total. The van der Waals surface area contributed by atoms with Crippen molar-refractivity contribution in [2.24, 2.45) is 7.05 Å². The van der Waals surface area contributed by atoms with Crippen molar-refractivity contribution in [1.29, 1.82) is 0 Å². The highest BCUT2D eigenvalue weighted by atomic mass is 16.4. The number of aliphatic carboxylic acids is 1. The smallest absolute Gasteiger partial charge is 0.303 e. The van der Waals surface area contributed by atoms with E-state index in [9.17, 15) is 4.79 Å². The van der Waals surface area contributed by atoms with Crippen LogP contribution in [0.15, 0.2) is 6.20 Å². The fourth-order valence-corrected chi connectivity index (χ4v) is 1.89. The first-order chi connectivity index (χ1) is 8.30. The maximum Gasteiger partial charge on any atom is 0.303 e. The maximum atomic E-state index is 10.4. The molecule has 0 saturated heterocycles. The number of rotatable bonds is 6. The predicted molar refractivity (Wildman–Crippen MR) is 70.5 cm³/mol. The Morgan fingerprint density at radius 1 is 1.50 bits per heavy atom. The molecule has 5 nitrogen and oxygen atoms in total. The van der Waals surface area contributed by atoms with E-state index < -0.39 is 5.97 Å². The van der Waals surface area contributed by atoms with Gasteiger partial charge in [0, 0.05) is 37.2 Å². The summed E-state index contributed by atoms with van der Waals surface area (Å²) in [5.41, 5.74) is 2.30. The monoisotopic (exact) mass is 253 g/mol. The summed E-state index contributed by atoms with van der Waals surface area (Å²) in [6.07, 6.45) is 2.89. The number of carboxylic acids is 1. The molecule has 102 valence electrons. The summed E-state index contributed by atoms with van der Waals surface area (Å²) in [6.45, 7) is 7.88. The van der Waals surface area contributed by atoms with Crippen molar-refractivity contribution in [2.75, 3.05) is 6.54 Å². The maximum absolute atomic E-state index is 10.4. The highest BCUT2D eigenvalue weighted by molar-refractivity contribution is 5.66. The standard InChI is InChI=1S/C13H23N3O2/c1-13(2,3)12-10(9-16(4)15-12)8-14-7-5-6-11(17)18/h9,14H,5-8H2,1-4H3,(H,17,18). The molecule has 1 heterocycles. The van der Waals surface area contributed by atoms with Crippen LogP contribution in [0, 0.1) is 0 Å². The SMILES string of the molecule is Cn1cc(CNCCCC(=O)O)c(C(C)(C)C)n1. The van der Waals surface area contributed by atoms with Gasteiger partial charge in [-0.15, -0.1) is 0 Å². The van der Waals surface area contributed by atoms with E-state index in [1.807, 2.05) is 17.9 Å². The summed E-state index contributed by atoms with van der Waals surface area (Å²) in [7, 11) is 1.92. The number of aryl methyl sites for hydroxylation is 1. The Bertz CT molecular complexity index is 405. The number of hydrogen-bond acceptors (Lipinski definition) is 3. The van der Waals surface area contributed by atoms with Gasteiger partial charge in [0.15, 0.2) is 0 Å². The number of nitrogens with zero attached hydrogens (tertiary/aromatic N) is 2. The van der Waals surface area contributed by atoms with Gasteiger partial charge < -0.3 is 10.4 Å². The predicted octanol–water partition coefficient (Wildman–Crippen LogP) is 1.67. The lowest BCUT2D eigenvalue weighted by atomic mass is 9.89. The van der Waals surface area contributed by atoms with Crippen LogP contribution in [0.2, 0.25) is 0 Å². The second kappa shape index (κ2) is 6.00. The largest absolute Gasteiger partial charge is 0.481 e. The molecule has 0 aromatic carbocycles. The van der Waals surface area contributed by atoms with Crippen LogP contribution in [-0.2, 0) is 23.8 Å². The molecule has 1 aromatic rings. The van der Waals surface area contributed by atoms with E-state index in [1.54, 1.807) is 0 Å². The summed E-state index contributed by atoms with van der Waals surface area (Å²) < 4.78 is 1.83. The third kappa shape index (κ3) is 4.49. The number of hydrogen-bond donors (Lipinski definition) is 2. The van der Waals surface area contributed by atoms with Crippen molar-refractivity contribution < 1.29 is 9.90 Å². The summed E-state index contributed by atoms with van der Waals surface area (Å²) >= 11 is 0. The lowest BCUT2D eigenvalue weighted by Gasteiger charge is -2.17. The minimum atomic E-state index is -0.742. The molecule has 0 aliphatic rings. The van der Waals surface area contributed by atoms with Gasteiger partial charge in [0.2, 0.25) is 0 Å². The topological polar surface area (TPSA) is 67.2 Å². The molecule has 1 rings (SSSR count). The number of carbonyl (C=O) groups is 1. The summed E-state index contributed by atoms with van der Waals surface area (Å²) in [6, 6.07) is 0. The van der Waals surface area contributed by atoms with Crippen LogP contribution in [0.5, 0.6) is 0 Å². The van der Waals surface area contributed by atoms with Crippen molar-refractivity contribution in [3.05, 3.63) is 17.5 Å². The fraction of sp³-hybridized carbons (Fsp3) is 0.692. The van der Waals surface area contributed by atoms with E-state index >= 15 is 0 Å². The zero-order chi connectivity index (χ0) is 13.8. The first-order valence-corrected chi connectivity index (χ1v) is 6.26. The van der Waals surface area contributed by atoms with Gasteiger partial charge >= 0.3 is 5.97 Å². The normalized spacial score (nSPS) is 11.8. The van der Waals surface area contributed by atoms with Crippen LogP contribution in [-0.4, -0.2) is 27.4 Å². The molecular weight excluding hydrogens is 230 g/mol. The molecular formula is C13H23N3O2. The van der Waals surface area contributed by atoms with Gasteiger partial charge in [0.05, 0.1) is 5.69 Å². The average molecular weight is 253 g/mol. The second-order valence-corrected chi connectivity index (χ2v) is 5.60. The molecule has 0 spiro atoms. The Hall–Kier alpha value is -1.36. The fourth-order valence-electron chi connectivity index (χ4n) is 1.89. The molecule has 1 aromatic heterocycles. The molecule has 5 heteroatoms. The molecule has 0 amide bonds. The van der Waals surface area contributed by atoms with Gasteiger partial charge in [-0.3, -0.25) is 9.48 Å². The number of carboxylic acid groups (broad SMARTS) is 1. The molecule has 18 heavy (non-hydrogen) atoms. The van der Waals surface area contributed by atoms with E-state index in [0.29, 0.717) is 13.0 Å². The summed E-state index contributed by atoms with van der Waals surface area (Å²) in [4.78, 5) is 10.4. The van der Waals surface area contributed by atoms with Gasteiger partial charge in [0.1, 0.15) is 0 Å². The minimum absolute atomic E-state index is 0.0271. The molecule has 0 aliphatic heterocycles. The van der Waals surface area contributed by atoms with Crippen molar-refractivity contribution in [3.8, 4) is 0 Å². The average Bonchev–Trinajstić information content (AvgIpc) is 2.58. The molecule has 0 bridgehead atoms. The van der Waals surface area contributed by atoms with Crippen LogP contribution in [0.1, 0.15) is 44.9 Å². The van der Waals surface area contributed by atoms with Crippen LogP contribution in [0.4, 0.5) is 0 Å².